The largest absolute Gasteiger partial charge is 0.487 e. The van der Waals surface area contributed by atoms with Gasteiger partial charge in [0.1, 0.15) is 11.9 Å². The monoisotopic (exact) mass is 502 g/mol. The Labute approximate surface area is 184 Å². The third-order valence-corrected chi connectivity index (χ3v) is 4.44. The third kappa shape index (κ3) is 7.92. The maximum Gasteiger partial charge on any atom is 0.191 e. The van der Waals surface area contributed by atoms with Gasteiger partial charge in [-0.25, -0.2) is 0 Å². The molecule has 0 spiro atoms. The Morgan fingerprint density at radius 2 is 2.04 bits per heavy atom. The Balaban J connectivity index is 0.00000364. The minimum absolute atomic E-state index is 0. The lowest BCUT2D eigenvalue weighted by Crippen LogP contribution is -2.43. The Hall–Kier alpha value is -1.54. The summed E-state index contributed by atoms with van der Waals surface area (Å²) in [6.07, 6.45) is 5.51. The average molecular weight is 503 g/mol. The maximum absolute atomic E-state index is 6.17. The van der Waals surface area contributed by atoms with Crippen molar-refractivity contribution < 1.29 is 4.74 Å². The number of guanidine groups is 1. The van der Waals surface area contributed by atoms with E-state index >= 15 is 0 Å². The molecule has 0 amide bonds. The highest BCUT2D eigenvalue weighted by Crippen LogP contribution is 2.24. The van der Waals surface area contributed by atoms with Crippen LogP contribution in [0.25, 0.3) is 0 Å². The van der Waals surface area contributed by atoms with E-state index in [2.05, 4.69) is 40.5 Å². The first kappa shape index (κ1) is 23.5. The summed E-state index contributed by atoms with van der Waals surface area (Å²) in [4.78, 5) is 8.40. The van der Waals surface area contributed by atoms with E-state index in [1.807, 2.05) is 36.7 Å². The minimum atomic E-state index is 0. The fourth-order valence-corrected chi connectivity index (χ4v) is 2.70. The molecule has 1 aromatic carbocycles. The number of halogens is 2. The SMILES string of the molecule is CCC(CNC(=NC)NCCc1ccncc1C)Oc1ccccc1Cl.I. The molecule has 2 rings (SSSR count). The molecule has 2 aromatic rings. The first-order valence-corrected chi connectivity index (χ1v) is 9.27. The van der Waals surface area contributed by atoms with Crippen LogP contribution in [0.2, 0.25) is 5.02 Å². The van der Waals surface area contributed by atoms with Crippen molar-refractivity contribution in [1.82, 2.24) is 15.6 Å². The van der Waals surface area contributed by atoms with Crippen molar-refractivity contribution in [3.05, 3.63) is 58.9 Å². The number of benzene rings is 1. The Morgan fingerprint density at radius 3 is 2.70 bits per heavy atom. The molecule has 0 saturated heterocycles. The molecular formula is C20H28ClIN4O. The summed E-state index contributed by atoms with van der Waals surface area (Å²) < 4.78 is 5.99. The Morgan fingerprint density at radius 1 is 1.26 bits per heavy atom. The van der Waals surface area contributed by atoms with Gasteiger partial charge in [-0.15, -0.1) is 24.0 Å². The van der Waals surface area contributed by atoms with Crippen molar-refractivity contribution in [1.29, 1.82) is 0 Å². The summed E-state index contributed by atoms with van der Waals surface area (Å²) in [7, 11) is 1.77. The summed E-state index contributed by atoms with van der Waals surface area (Å²) in [5.41, 5.74) is 2.49. The van der Waals surface area contributed by atoms with Crippen molar-refractivity contribution in [2.45, 2.75) is 32.8 Å². The number of ether oxygens (including phenoxy) is 1. The molecule has 0 saturated carbocycles. The van der Waals surface area contributed by atoms with Crippen LogP contribution in [0.1, 0.15) is 24.5 Å². The van der Waals surface area contributed by atoms with Gasteiger partial charge >= 0.3 is 0 Å². The molecule has 1 atom stereocenters. The Kier molecular flexibility index (Phi) is 11.1. The number of para-hydroxylation sites is 1. The maximum atomic E-state index is 6.17. The molecule has 0 radical (unpaired) electrons. The van der Waals surface area contributed by atoms with Gasteiger partial charge in [0.25, 0.3) is 0 Å². The Bertz CT molecular complexity index is 727. The predicted octanol–water partition coefficient (Wildman–Crippen LogP) is 4.23. The second-order valence-corrected chi connectivity index (χ2v) is 6.42. The second kappa shape index (κ2) is 12.8. The van der Waals surface area contributed by atoms with Gasteiger partial charge in [-0.3, -0.25) is 9.98 Å². The van der Waals surface area contributed by atoms with Crippen molar-refractivity contribution in [2.75, 3.05) is 20.1 Å². The molecule has 27 heavy (non-hydrogen) atoms. The van der Waals surface area contributed by atoms with E-state index < -0.39 is 0 Å². The topological polar surface area (TPSA) is 58.5 Å². The van der Waals surface area contributed by atoms with Crippen LogP contribution in [0.3, 0.4) is 0 Å². The number of hydrogen-bond acceptors (Lipinski definition) is 3. The number of rotatable bonds is 8. The van der Waals surface area contributed by atoms with Crippen LogP contribution in [0.15, 0.2) is 47.7 Å². The van der Waals surface area contributed by atoms with Gasteiger partial charge in [0, 0.05) is 26.0 Å². The van der Waals surface area contributed by atoms with E-state index in [1.165, 1.54) is 11.1 Å². The molecule has 5 nitrogen and oxygen atoms in total. The zero-order valence-corrected chi connectivity index (χ0v) is 19.1. The second-order valence-electron chi connectivity index (χ2n) is 6.01. The van der Waals surface area contributed by atoms with Gasteiger partial charge in [0.2, 0.25) is 0 Å². The van der Waals surface area contributed by atoms with E-state index in [0.717, 1.165) is 25.3 Å². The van der Waals surface area contributed by atoms with Crippen molar-refractivity contribution >= 4 is 41.5 Å². The fourth-order valence-electron chi connectivity index (χ4n) is 2.52. The standard InChI is InChI=1S/C20H27ClN4O.HI/c1-4-17(26-19-8-6-5-7-18(19)21)14-25-20(22-3)24-12-10-16-9-11-23-13-15(16)2;/h5-9,11,13,17H,4,10,12,14H2,1-3H3,(H2,22,24,25);1H. The first-order valence-electron chi connectivity index (χ1n) is 8.89. The molecule has 0 aliphatic heterocycles. The molecule has 0 fully saturated rings. The third-order valence-electron chi connectivity index (χ3n) is 4.13. The molecular weight excluding hydrogens is 475 g/mol. The minimum Gasteiger partial charge on any atom is -0.487 e. The normalized spacial score (nSPS) is 12.1. The van der Waals surface area contributed by atoms with Crippen LogP contribution < -0.4 is 15.4 Å². The molecule has 148 valence electrons. The quantitative estimate of drug-likeness (QED) is 0.322. The molecule has 0 aliphatic rings. The van der Waals surface area contributed by atoms with Gasteiger partial charge in [0.15, 0.2) is 5.96 Å². The molecule has 0 bridgehead atoms. The van der Waals surface area contributed by atoms with E-state index in [1.54, 1.807) is 7.05 Å². The number of nitrogens with one attached hydrogen (secondary N) is 2. The van der Waals surface area contributed by atoms with E-state index in [-0.39, 0.29) is 30.1 Å². The summed E-state index contributed by atoms with van der Waals surface area (Å²) in [6, 6.07) is 9.58. The van der Waals surface area contributed by atoms with Crippen LogP contribution in [0.4, 0.5) is 0 Å². The number of nitrogens with zero attached hydrogens (tertiary/aromatic N) is 2. The lowest BCUT2D eigenvalue weighted by Gasteiger charge is -2.20. The fraction of sp³-hybridized carbons (Fsp3) is 0.400. The summed E-state index contributed by atoms with van der Waals surface area (Å²) >= 11 is 6.17. The molecule has 7 heteroatoms. The number of aryl methyl sites for hydroxylation is 1. The average Bonchev–Trinajstić information content (AvgIpc) is 2.66. The number of pyridine rings is 1. The zero-order valence-electron chi connectivity index (χ0n) is 16.0. The predicted molar refractivity (Wildman–Crippen MR) is 124 cm³/mol. The summed E-state index contributed by atoms with van der Waals surface area (Å²) in [5, 5.41) is 7.28. The number of aliphatic imine (C=N–C) groups is 1. The zero-order chi connectivity index (χ0) is 18.8. The van der Waals surface area contributed by atoms with Crippen LogP contribution in [-0.2, 0) is 6.42 Å². The highest BCUT2D eigenvalue weighted by molar-refractivity contribution is 14.0. The molecule has 0 aliphatic carbocycles. The molecule has 2 N–H and O–H groups in total. The smallest absolute Gasteiger partial charge is 0.191 e. The van der Waals surface area contributed by atoms with Crippen LogP contribution >= 0.6 is 35.6 Å². The lowest BCUT2D eigenvalue weighted by atomic mass is 10.1. The summed E-state index contributed by atoms with van der Waals surface area (Å²) in [5.74, 6) is 1.47. The van der Waals surface area contributed by atoms with Gasteiger partial charge in [-0.1, -0.05) is 30.7 Å². The number of aromatic nitrogens is 1. The molecule has 1 unspecified atom stereocenters. The van der Waals surface area contributed by atoms with Gasteiger partial charge < -0.3 is 15.4 Å². The van der Waals surface area contributed by atoms with E-state index in [0.29, 0.717) is 17.3 Å². The van der Waals surface area contributed by atoms with E-state index in [4.69, 9.17) is 16.3 Å². The highest BCUT2D eigenvalue weighted by atomic mass is 127. The van der Waals surface area contributed by atoms with Crippen molar-refractivity contribution in [3.63, 3.8) is 0 Å². The highest BCUT2D eigenvalue weighted by Gasteiger charge is 2.11. The summed E-state index contributed by atoms with van der Waals surface area (Å²) in [6.45, 7) is 5.61. The van der Waals surface area contributed by atoms with Crippen LogP contribution in [0, 0.1) is 6.92 Å². The first-order chi connectivity index (χ1) is 12.6. The molecule has 1 aromatic heterocycles. The molecule has 1 heterocycles. The van der Waals surface area contributed by atoms with Crippen molar-refractivity contribution in [3.8, 4) is 5.75 Å². The number of hydrogen-bond donors (Lipinski definition) is 2. The van der Waals surface area contributed by atoms with Crippen LogP contribution in [0.5, 0.6) is 5.75 Å². The van der Waals surface area contributed by atoms with Crippen molar-refractivity contribution in [2.24, 2.45) is 4.99 Å². The van der Waals surface area contributed by atoms with Gasteiger partial charge in [-0.05, 0) is 49.1 Å². The van der Waals surface area contributed by atoms with Crippen LogP contribution in [-0.4, -0.2) is 37.2 Å². The van der Waals surface area contributed by atoms with E-state index in [9.17, 15) is 0 Å². The lowest BCUT2D eigenvalue weighted by molar-refractivity contribution is 0.199. The van der Waals surface area contributed by atoms with Gasteiger partial charge in [-0.2, -0.15) is 0 Å². The van der Waals surface area contributed by atoms with Gasteiger partial charge in [0.05, 0.1) is 11.6 Å².